The maximum atomic E-state index is 13.2. The van der Waals surface area contributed by atoms with Crippen LogP contribution in [0.15, 0.2) is 61.1 Å². The first-order chi connectivity index (χ1) is 22.5. The number of aryl methyl sites for hydroxylation is 3. The van der Waals surface area contributed by atoms with Crippen molar-refractivity contribution in [3.63, 3.8) is 0 Å². The molecule has 0 saturated heterocycles. The van der Waals surface area contributed by atoms with E-state index >= 15 is 0 Å². The van der Waals surface area contributed by atoms with Crippen LogP contribution in [0.1, 0.15) is 48.2 Å². The van der Waals surface area contributed by atoms with Crippen molar-refractivity contribution in [3.8, 4) is 6.07 Å². The van der Waals surface area contributed by atoms with Gasteiger partial charge in [-0.15, -0.1) is 0 Å². The summed E-state index contributed by atoms with van der Waals surface area (Å²) in [4.78, 5) is 53.7. The first kappa shape index (κ1) is 35.1. The van der Waals surface area contributed by atoms with E-state index < -0.39 is 11.8 Å². The van der Waals surface area contributed by atoms with Gasteiger partial charge >= 0.3 is 0 Å². The molecule has 47 heavy (non-hydrogen) atoms. The van der Waals surface area contributed by atoms with Crippen molar-refractivity contribution in [2.24, 2.45) is 21.1 Å². The second kappa shape index (κ2) is 16.1. The number of carbonyl (C=O) groups is 4. The van der Waals surface area contributed by atoms with E-state index in [0.29, 0.717) is 34.0 Å². The molecule has 0 atom stereocenters. The third-order valence-electron chi connectivity index (χ3n) is 7.21. The molecule has 4 aromatic rings. The van der Waals surface area contributed by atoms with Crippen molar-refractivity contribution >= 4 is 78.2 Å². The Morgan fingerprint density at radius 3 is 1.55 bits per heavy atom. The molecule has 3 aromatic heterocycles. The Labute approximate surface area is 289 Å². The largest absolute Gasteiger partial charge is 0.370 e. The highest BCUT2D eigenvalue weighted by atomic mass is 79.9. The van der Waals surface area contributed by atoms with Gasteiger partial charge in [-0.05, 0) is 42.5 Å². The summed E-state index contributed by atoms with van der Waals surface area (Å²) in [5, 5.41) is 21.4. The first-order valence-corrected chi connectivity index (χ1v) is 16.8. The van der Waals surface area contributed by atoms with Gasteiger partial charge in [0.25, 0.3) is 23.6 Å². The van der Waals surface area contributed by atoms with Crippen molar-refractivity contribution in [3.05, 3.63) is 83.7 Å². The second-order valence-electron chi connectivity index (χ2n) is 10.6. The number of benzene rings is 1. The number of anilines is 4. The van der Waals surface area contributed by atoms with E-state index in [2.05, 4.69) is 58.0 Å². The molecule has 246 valence electrons. The van der Waals surface area contributed by atoms with Gasteiger partial charge in [0.1, 0.15) is 17.1 Å². The average Bonchev–Trinajstić information content (AvgIpc) is 3.72. The number of hydrogen-bond acceptors (Lipinski definition) is 6. The molecule has 0 unspecified atom stereocenters. The highest BCUT2D eigenvalue weighted by Gasteiger charge is 2.19. The summed E-state index contributed by atoms with van der Waals surface area (Å²) in [6, 6.07) is 14.0. The van der Waals surface area contributed by atoms with Gasteiger partial charge in [0, 0.05) is 81.3 Å². The van der Waals surface area contributed by atoms with Gasteiger partial charge in [-0.25, -0.2) is 0 Å². The molecule has 4 rings (SSSR count). The number of nitrogens with one attached hydrogen (secondary N) is 4. The fourth-order valence-corrected chi connectivity index (χ4v) is 5.75. The maximum Gasteiger partial charge on any atom is 0.272 e. The lowest BCUT2D eigenvalue weighted by Crippen LogP contribution is -2.27. The lowest BCUT2D eigenvalue weighted by atomic mass is 10.1. The minimum absolute atomic E-state index is 0.193. The summed E-state index contributed by atoms with van der Waals surface area (Å²) in [6.45, 7) is 1.90. The predicted octanol–water partition coefficient (Wildman–Crippen LogP) is 4.70. The number of hydrogen-bond donors (Lipinski definition) is 4. The molecule has 0 bridgehead atoms. The van der Waals surface area contributed by atoms with E-state index in [9.17, 15) is 19.2 Å². The van der Waals surface area contributed by atoms with Crippen LogP contribution < -0.4 is 26.2 Å². The molecule has 0 saturated carbocycles. The number of aromatic nitrogens is 3. The van der Waals surface area contributed by atoms with Crippen LogP contribution in [0.5, 0.6) is 0 Å². The molecule has 3 heterocycles. The SMILES string of the molecule is Cn1cc(NC(=O)c2cc(NC(=O)c3cc(NC(=O)c4ccc(N(CCBr)CCBr)cc4)cn3C)cn2C)cc1C(=O)NCCC#N. The molecule has 15 heteroatoms. The van der Waals surface area contributed by atoms with E-state index in [-0.39, 0.29) is 30.5 Å². The Bertz CT molecular complexity index is 1800. The number of halogens is 2. The van der Waals surface area contributed by atoms with Gasteiger partial charge in [0.2, 0.25) is 0 Å². The van der Waals surface area contributed by atoms with E-state index in [4.69, 9.17) is 5.26 Å². The van der Waals surface area contributed by atoms with Crippen LogP contribution >= 0.6 is 31.9 Å². The van der Waals surface area contributed by atoms with Gasteiger partial charge in [0.15, 0.2) is 0 Å². The standard InChI is InChI=1S/C32H35Br2N9O4/c1-40-19-23(15-26(40)30(45)36-12-4-11-35)38-32(47)28-17-24(20-42(28)3)39-31(46)27-16-22(18-41(27)2)37-29(44)21-5-7-25(8-6-21)43(13-9-33)14-10-34/h5-8,15-20H,4,9-10,12-14H2,1-3H3,(H,36,45)(H,37,44)(H,38,47)(H,39,46). The molecular formula is C32H35Br2N9O4. The summed E-state index contributed by atoms with van der Waals surface area (Å²) in [6.07, 6.45) is 5.06. The second-order valence-corrected chi connectivity index (χ2v) is 12.2. The van der Waals surface area contributed by atoms with Crippen LogP contribution in [0, 0.1) is 11.3 Å². The predicted molar refractivity (Wildman–Crippen MR) is 189 cm³/mol. The van der Waals surface area contributed by atoms with Gasteiger partial charge in [-0.1, -0.05) is 31.9 Å². The van der Waals surface area contributed by atoms with Crippen molar-refractivity contribution < 1.29 is 19.2 Å². The smallest absolute Gasteiger partial charge is 0.272 e. The molecule has 4 amide bonds. The minimum Gasteiger partial charge on any atom is -0.370 e. The average molecular weight is 769 g/mol. The molecule has 0 aliphatic heterocycles. The van der Waals surface area contributed by atoms with Crippen molar-refractivity contribution in [1.29, 1.82) is 5.26 Å². The lowest BCUT2D eigenvalue weighted by molar-refractivity contribution is 0.0944. The van der Waals surface area contributed by atoms with Gasteiger partial charge in [-0.3, -0.25) is 19.2 Å². The molecular weight excluding hydrogens is 734 g/mol. The Morgan fingerprint density at radius 1 is 0.702 bits per heavy atom. The van der Waals surface area contributed by atoms with Crippen LogP contribution in [0.3, 0.4) is 0 Å². The van der Waals surface area contributed by atoms with E-state index in [1.165, 1.54) is 12.1 Å². The minimum atomic E-state index is -0.439. The van der Waals surface area contributed by atoms with Crippen LogP contribution in [0.4, 0.5) is 22.7 Å². The number of alkyl halides is 2. The fourth-order valence-electron chi connectivity index (χ4n) is 4.89. The molecule has 0 fully saturated rings. The summed E-state index contributed by atoms with van der Waals surface area (Å²) < 4.78 is 4.75. The van der Waals surface area contributed by atoms with Crippen LogP contribution in [0.2, 0.25) is 0 Å². The zero-order valence-corrected chi connectivity index (χ0v) is 29.3. The number of amides is 4. The van der Waals surface area contributed by atoms with Crippen molar-refractivity contribution in [1.82, 2.24) is 19.0 Å². The van der Waals surface area contributed by atoms with Crippen molar-refractivity contribution in [2.45, 2.75) is 6.42 Å². The van der Waals surface area contributed by atoms with E-state index in [1.807, 2.05) is 18.2 Å². The van der Waals surface area contributed by atoms with Gasteiger partial charge in [-0.2, -0.15) is 5.26 Å². The first-order valence-electron chi connectivity index (χ1n) is 14.6. The van der Waals surface area contributed by atoms with E-state index in [1.54, 1.807) is 71.6 Å². The normalized spacial score (nSPS) is 10.6. The molecule has 0 radical (unpaired) electrons. The summed E-state index contributed by atoms with van der Waals surface area (Å²) >= 11 is 6.95. The number of nitrogens with zero attached hydrogens (tertiary/aromatic N) is 5. The number of nitriles is 1. The molecule has 4 N–H and O–H groups in total. The summed E-state index contributed by atoms with van der Waals surface area (Å²) in [5.41, 5.74) is 3.68. The van der Waals surface area contributed by atoms with E-state index in [0.717, 1.165) is 29.4 Å². The monoisotopic (exact) mass is 767 g/mol. The summed E-state index contributed by atoms with van der Waals surface area (Å²) in [5.74, 6) is -1.52. The third kappa shape index (κ3) is 8.93. The Kier molecular flexibility index (Phi) is 12.0. The maximum absolute atomic E-state index is 13.2. The van der Waals surface area contributed by atoms with Crippen LogP contribution in [-0.4, -0.2) is 67.6 Å². The highest BCUT2D eigenvalue weighted by Crippen LogP contribution is 2.21. The third-order valence-corrected chi connectivity index (χ3v) is 7.92. The van der Waals surface area contributed by atoms with Gasteiger partial charge in [0.05, 0.1) is 29.6 Å². The van der Waals surface area contributed by atoms with Crippen molar-refractivity contribution in [2.75, 3.05) is 51.1 Å². The zero-order valence-electron chi connectivity index (χ0n) is 26.1. The molecule has 1 aromatic carbocycles. The molecule has 0 spiro atoms. The quantitative estimate of drug-likeness (QED) is 0.108. The number of carbonyl (C=O) groups excluding carboxylic acids is 4. The topological polar surface area (TPSA) is 158 Å². The Hall–Kier alpha value is -4.81. The van der Waals surface area contributed by atoms with Gasteiger partial charge < -0.3 is 39.9 Å². The summed E-state index contributed by atoms with van der Waals surface area (Å²) in [7, 11) is 5.05. The zero-order chi connectivity index (χ0) is 34.1. The molecule has 0 aliphatic rings. The molecule has 13 nitrogen and oxygen atoms in total. The Balaban J connectivity index is 1.37. The highest BCUT2D eigenvalue weighted by molar-refractivity contribution is 9.09. The number of rotatable bonds is 14. The fraction of sp³-hybridized carbons (Fsp3) is 0.281. The Morgan fingerprint density at radius 2 is 1.13 bits per heavy atom. The van der Waals surface area contributed by atoms with Crippen LogP contribution in [0.25, 0.3) is 0 Å². The molecule has 0 aliphatic carbocycles. The lowest BCUT2D eigenvalue weighted by Gasteiger charge is -2.23. The van der Waals surface area contributed by atoms with Crippen LogP contribution in [-0.2, 0) is 21.1 Å².